The van der Waals surface area contributed by atoms with Gasteiger partial charge in [-0.1, -0.05) is 0 Å². The Bertz CT molecular complexity index is 559. The number of hydrogen-bond acceptors (Lipinski definition) is 2. The summed E-state index contributed by atoms with van der Waals surface area (Å²) in [7, 11) is 1.23. The molecule has 2 N–H and O–H groups in total. The van der Waals surface area contributed by atoms with Gasteiger partial charge >= 0.3 is 0 Å². The van der Waals surface area contributed by atoms with Gasteiger partial charge in [0.25, 0.3) is 5.91 Å². The molecule has 1 fully saturated rings. The van der Waals surface area contributed by atoms with Crippen LogP contribution in [0, 0.1) is 35.0 Å². The SMILES string of the molecule is CN(C(=O)c1c(F)c(F)c(F)c(F)c1F)C(CN)C1CC1. The molecule has 1 aliphatic carbocycles. The fourth-order valence-corrected chi connectivity index (χ4v) is 2.27. The molecule has 0 aliphatic heterocycles. The average molecular weight is 308 g/mol. The lowest BCUT2D eigenvalue weighted by Crippen LogP contribution is -2.44. The van der Waals surface area contributed by atoms with Crippen LogP contribution >= 0.6 is 0 Å². The predicted octanol–water partition coefficient (Wildman–Crippen LogP) is 2.19. The Hall–Kier alpha value is -1.70. The van der Waals surface area contributed by atoms with Crippen LogP contribution in [0.1, 0.15) is 23.2 Å². The highest BCUT2D eigenvalue weighted by atomic mass is 19.2. The van der Waals surface area contributed by atoms with Crippen LogP contribution < -0.4 is 5.73 Å². The minimum Gasteiger partial charge on any atom is -0.337 e. The molecule has 1 atom stereocenters. The maximum atomic E-state index is 13.6. The van der Waals surface area contributed by atoms with E-state index < -0.39 is 46.6 Å². The van der Waals surface area contributed by atoms with Crippen molar-refractivity contribution in [2.24, 2.45) is 11.7 Å². The highest BCUT2D eigenvalue weighted by Gasteiger charge is 2.38. The van der Waals surface area contributed by atoms with E-state index in [0.717, 1.165) is 17.7 Å². The summed E-state index contributed by atoms with van der Waals surface area (Å²) in [5.74, 6) is -12.0. The van der Waals surface area contributed by atoms with Crippen LogP contribution in [0.5, 0.6) is 0 Å². The van der Waals surface area contributed by atoms with E-state index in [2.05, 4.69) is 0 Å². The molecule has 8 heteroatoms. The van der Waals surface area contributed by atoms with E-state index in [-0.39, 0.29) is 12.5 Å². The number of hydrogen-bond donors (Lipinski definition) is 1. The molecule has 1 unspecified atom stereocenters. The first-order valence-corrected chi connectivity index (χ1v) is 6.29. The van der Waals surface area contributed by atoms with E-state index in [1.165, 1.54) is 7.05 Å². The lowest BCUT2D eigenvalue weighted by Gasteiger charge is -2.27. The number of carbonyl (C=O) groups excluding carboxylic acids is 1. The van der Waals surface area contributed by atoms with Crippen molar-refractivity contribution in [3.05, 3.63) is 34.6 Å². The van der Waals surface area contributed by atoms with E-state index in [9.17, 15) is 26.7 Å². The molecule has 0 radical (unpaired) electrons. The molecule has 1 saturated carbocycles. The van der Waals surface area contributed by atoms with Crippen LogP contribution in [0.3, 0.4) is 0 Å². The third-order valence-corrected chi connectivity index (χ3v) is 3.65. The molecule has 116 valence electrons. The van der Waals surface area contributed by atoms with Crippen molar-refractivity contribution in [3.63, 3.8) is 0 Å². The van der Waals surface area contributed by atoms with Crippen molar-refractivity contribution in [2.45, 2.75) is 18.9 Å². The van der Waals surface area contributed by atoms with Crippen LogP contribution in [0.15, 0.2) is 0 Å². The highest BCUT2D eigenvalue weighted by Crippen LogP contribution is 2.35. The third kappa shape index (κ3) is 2.59. The Labute approximate surface area is 117 Å². The van der Waals surface area contributed by atoms with Gasteiger partial charge in [0.15, 0.2) is 23.3 Å². The van der Waals surface area contributed by atoms with Crippen LogP contribution in [0.2, 0.25) is 0 Å². The van der Waals surface area contributed by atoms with Gasteiger partial charge in [-0.05, 0) is 18.8 Å². The fourth-order valence-electron chi connectivity index (χ4n) is 2.27. The van der Waals surface area contributed by atoms with Crippen molar-refractivity contribution < 1.29 is 26.7 Å². The smallest absolute Gasteiger partial charge is 0.260 e. The van der Waals surface area contributed by atoms with Crippen LogP contribution in [0.4, 0.5) is 22.0 Å². The molecule has 0 heterocycles. The van der Waals surface area contributed by atoms with Gasteiger partial charge in [0.1, 0.15) is 5.56 Å². The molecule has 0 aromatic heterocycles. The minimum absolute atomic E-state index is 0.0440. The summed E-state index contributed by atoms with van der Waals surface area (Å²) >= 11 is 0. The van der Waals surface area contributed by atoms with Crippen molar-refractivity contribution >= 4 is 5.91 Å². The summed E-state index contributed by atoms with van der Waals surface area (Å²) < 4.78 is 66.4. The van der Waals surface area contributed by atoms with Crippen LogP contribution in [-0.2, 0) is 0 Å². The number of nitrogens with two attached hydrogens (primary N) is 1. The maximum absolute atomic E-state index is 13.6. The molecular formula is C13H13F5N2O. The van der Waals surface area contributed by atoms with Gasteiger partial charge in [0, 0.05) is 19.6 Å². The van der Waals surface area contributed by atoms with Crippen molar-refractivity contribution in [1.29, 1.82) is 0 Å². The van der Waals surface area contributed by atoms with Gasteiger partial charge in [0.05, 0.1) is 0 Å². The molecular weight excluding hydrogens is 295 g/mol. The lowest BCUT2D eigenvalue weighted by atomic mass is 10.1. The van der Waals surface area contributed by atoms with Crippen LogP contribution in [0.25, 0.3) is 0 Å². The van der Waals surface area contributed by atoms with Crippen molar-refractivity contribution in [1.82, 2.24) is 4.90 Å². The second-order valence-corrected chi connectivity index (χ2v) is 5.00. The molecule has 1 aliphatic rings. The minimum atomic E-state index is -2.29. The second kappa shape index (κ2) is 5.59. The molecule has 1 aromatic rings. The Kier molecular flexibility index (Phi) is 4.18. The number of halogens is 5. The summed E-state index contributed by atoms with van der Waals surface area (Å²) in [5, 5.41) is 0. The standard InChI is InChI=1S/C13H13F5N2O/c1-20(6(4-19)5-2-3-5)13(21)7-8(14)10(16)12(18)11(17)9(7)15/h5-6H,2-4,19H2,1H3. The quantitative estimate of drug-likeness (QED) is 0.526. The zero-order valence-electron chi connectivity index (χ0n) is 11.1. The molecule has 1 aromatic carbocycles. The molecule has 0 bridgehead atoms. The number of rotatable bonds is 4. The molecule has 3 nitrogen and oxygen atoms in total. The zero-order chi connectivity index (χ0) is 15.9. The van der Waals surface area contributed by atoms with Gasteiger partial charge in [-0.2, -0.15) is 0 Å². The number of carbonyl (C=O) groups is 1. The van der Waals surface area contributed by atoms with Gasteiger partial charge in [-0.25, -0.2) is 22.0 Å². The van der Waals surface area contributed by atoms with E-state index in [1.54, 1.807) is 0 Å². The molecule has 0 spiro atoms. The maximum Gasteiger partial charge on any atom is 0.260 e. The fraction of sp³-hybridized carbons (Fsp3) is 0.462. The van der Waals surface area contributed by atoms with E-state index >= 15 is 0 Å². The Balaban J connectivity index is 2.43. The Morgan fingerprint density at radius 3 is 1.90 bits per heavy atom. The molecule has 2 rings (SSSR count). The average Bonchev–Trinajstić information content (AvgIpc) is 3.28. The lowest BCUT2D eigenvalue weighted by molar-refractivity contribution is 0.0705. The predicted molar refractivity (Wildman–Crippen MR) is 63.9 cm³/mol. The van der Waals surface area contributed by atoms with Gasteiger partial charge < -0.3 is 10.6 Å². The van der Waals surface area contributed by atoms with Crippen molar-refractivity contribution in [2.75, 3.05) is 13.6 Å². The Morgan fingerprint density at radius 1 is 1.10 bits per heavy atom. The topological polar surface area (TPSA) is 46.3 Å². The summed E-state index contributed by atoms with van der Waals surface area (Å²) in [5.41, 5.74) is 4.05. The number of nitrogens with zero attached hydrogens (tertiary/aromatic N) is 1. The summed E-state index contributed by atoms with van der Waals surface area (Å²) in [6.45, 7) is 0.0440. The van der Waals surface area contributed by atoms with Gasteiger partial charge in [0.2, 0.25) is 5.82 Å². The first-order chi connectivity index (χ1) is 9.81. The number of benzene rings is 1. The first-order valence-electron chi connectivity index (χ1n) is 6.29. The zero-order valence-corrected chi connectivity index (χ0v) is 11.1. The summed E-state index contributed by atoms with van der Waals surface area (Å²) in [6.07, 6.45) is 1.60. The molecule has 21 heavy (non-hydrogen) atoms. The largest absolute Gasteiger partial charge is 0.337 e. The number of amides is 1. The van der Waals surface area contributed by atoms with Crippen LogP contribution in [-0.4, -0.2) is 30.4 Å². The van der Waals surface area contributed by atoms with E-state index in [4.69, 9.17) is 5.73 Å². The highest BCUT2D eigenvalue weighted by molar-refractivity contribution is 5.95. The van der Waals surface area contributed by atoms with Gasteiger partial charge in [-0.15, -0.1) is 0 Å². The molecule has 1 amide bonds. The van der Waals surface area contributed by atoms with Gasteiger partial charge in [-0.3, -0.25) is 4.79 Å². The second-order valence-electron chi connectivity index (χ2n) is 5.00. The molecule has 0 saturated heterocycles. The van der Waals surface area contributed by atoms with E-state index in [0.29, 0.717) is 0 Å². The monoisotopic (exact) mass is 308 g/mol. The Morgan fingerprint density at radius 2 is 1.52 bits per heavy atom. The summed E-state index contributed by atoms with van der Waals surface area (Å²) in [4.78, 5) is 13.0. The summed E-state index contributed by atoms with van der Waals surface area (Å²) in [6, 6.07) is -0.493. The number of likely N-dealkylation sites (N-methyl/N-ethyl adjacent to an activating group) is 1. The first kappa shape index (κ1) is 15.7. The third-order valence-electron chi connectivity index (χ3n) is 3.65. The van der Waals surface area contributed by atoms with E-state index in [1.807, 2.05) is 0 Å². The normalized spacial score (nSPS) is 16.0. The van der Waals surface area contributed by atoms with Crippen molar-refractivity contribution in [3.8, 4) is 0 Å².